The summed E-state index contributed by atoms with van der Waals surface area (Å²) in [6.07, 6.45) is 15.7. The predicted molar refractivity (Wildman–Crippen MR) is 198 cm³/mol. The van der Waals surface area contributed by atoms with Crippen LogP contribution in [0, 0.1) is 23.2 Å². The van der Waals surface area contributed by atoms with Crippen molar-refractivity contribution in [1.29, 1.82) is 0 Å². The number of hydrogen-bond donors (Lipinski definition) is 0. The Balaban J connectivity index is 1.60. The van der Waals surface area contributed by atoms with Crippen LogP contribution in [-0.2, 0) is 13.6 Å². The monoisotopic (exact) mass is 670 g/mol. The summed E-state index contributed by atoms with van der Waals surface area (Å²) in [6.45, 7) is 34.2. The van der Waals surface area contributed by atoms with Crippen LogP contribution in [0.4, 0.5) is 4.39 Å². The highest BCUT2D eigenvalue weighted by atomic mass is 28.4. The SMILES string of the molecule is C=C1/C(=C\C=C2/CCC[C@@]3(C)C2CC[C@@H]3[C@H](C)/C=C2\CCC(C)(F)C2=O)C[C@@H](O[Si](C)(C)C(C)(C)C)C[C@@H]1O[Si](C)(C)C(C)(C)C. The van der Waals surface area contributed by atoms with E-state index in [9.17, 15) is 9.18 Å². The maximum absolute atomic E-state index is 14.6. The van der Waals surface area contributed by atoms with Crippen LogP contribution in [0.5, 0.6) is 0 Å². The van der Waals surface area contributed by atoms with Gasteiger partial charge in [0.1, 0.15) is 0 Å². The quantitative estimate of drug-likeness (QED) is 0.200. The molecule has 0 amide bonds. The molecule has 2 unspecified atom stereocenters. The van der Waals surface area contributed by atoms with Crippen molar-refractivity contribution in [3.8, 4) is 0 Å². The van der Waals surface area contributed by atoms with Crippen molar-refractivity contribution >= 4 is 22.4 Å². The molecule has 0 spiro atoms. The van der Waals surface area contributed by atoms with Crippen LogP contribution in [0.25, 0.3) is 0 Å². The number of halogens is 1. The normalized spacial score (nSPS) is 36.6. The van der Waals surface area contributed by atoms with E-state index in [0.717, 1.165) is 30.4 Å². The molecule has 260 valence electrons. The third-order valence-corrected chi connectivity index (χ3v) is 22.5. The van der Waals surface area contributed by atoms with Gasteiger partial charge in [0.15, 0.2) is 28.1 Å². The number of rotatable bonds is 7. The van der Waals surface area contributed by atoms with Crippen LogP contribution in [0.1, 0.15) is 120 Å². The lowest BCUT2D eigenvalue weighted by atomic mass is 9.61. The van der Waals surface area contributed by atoms with Crippen LogP contribution >= 0.6 is 0 Å². The first-order chi connectivity index (χ1) is 20.9. The standard InChI is InChI=1S/C40H67FO3Si2/c1-27(24-31-21-23-40(10,41)36(31)42)33-19-20-34-29(16-15-22-39(33,34)9)17-18-30-25-32(43-45(11,12)37(3,4)5)26-35(28(30)2)44-46(13,14)38(6,7)8/h17-18,24,27,32-35H,2,15-16,19-23,25-26H2,1,3-14H3/b29-17+,30-18-,31-24+/t27-,32-,33-,34?,35+,39-,40?/m1/s1. The van der Waals surface area contributed by atoms with Crippen LogP contribution in [0.2, 0.25) is 36.3 Å². The Hall–Kier alpha value is -1.09. The third kappa shape index (κ3) is 7.55. The van der Waals surface area contributed by atoms with E-state index in [4.69, 9.17) is 8.85 Å². The van der Waals surface area contributed by atoms with E-state index < -0.39 is 22.3 Å². The summed E-state index contributed by atoms with van der Waals surface area (Å²) < 4.78 is 28.8. The fourth-order valence-electron chi connectivity index (χ4n) is 8.43. The Kier molecular flexibility index (Phi) is 10.7. The molecule has 0 radical (unpaired) electrons. The van der Waals surface area contributed by atoms with Gasteiger partial charge in [-0.2, -0.15) is 0 Å². The molecular weight excluding hydrogens is 604 g/mol. The molecule has 46 heavy (non-hydrogen) atoms. The van der Waals surface area contributed by atoms with Crippen molar-refractivity contribution in [2.24, 2.45) is 23.2 Å². The summed E-state index contributed by atoms with van der Waals surface area (Å²) in [5.74, 6) is 1.05. The van der Waals surface area contributed by atoms with Crippen molar-refractivity contribution in [2.75, 3.05) is 0 Å². The maximum Gasteiger partial charge on any atom is 0.195 e. The smallest absolute Gasteiger partial charge is 0.195 e. The van der Waals surface area contributed by atoms with E-state index in [1.807, 2.05) is 0 Å². The van der Waals surface area contributed by atoms with Gasteiger partial charge in [-0.15, -0.1) is 0 Å². The van der Waals surface area contributed by atoms with E-state index in [0.29, 0.717) is 24.7 Å². The van der Waals surface area contributed by atoms with Crippen molar-refractivity contribution < 1.29 is 18.0 Å². The van der Waals surface area contributed by atoms with Crippen LogP contribution in [0.3, 0.4) is 0 Å². The minimum Gasteiger partial charge on any atom is -0.413 e. The van der Waals surface area contributed by atoms with E-state index >= 15 is 0 Å². The first kappa shape index (κ1) is 37.7. The number of allylic oxidation sites excluding steroid dienone is 5. The molecule has 4 aliphatic carbocycles. The maximum atomic E-state index is 14.6. The third-order valence-electron chi connectivity index (χ3n) is 13.5. The largest absolute Gasteiger partial charge is 0.413 e. The van der Waals surface area contributed by atoms with Gasteiger partial charge in [0.25, 0.3) is 0 Å². The number of alkyl halides is 1. The summed E-state index contributed by atoms with van der Waals surface area (Å²) in [4.78, 5) is 12.7. The van der Waals surface area contributed by atoms with Crippen LogP contribution < -0.4 is 0 Å². The van der Waals surface area contributed by atoms with E-state index in [1.165, 1.54) is 38.2 Å². The molecule has 4 aliphatic rings. The van der Waals surface area contributed by atoms with Crippen LogP contribution in [-0.4, -0.2) is 40.3 Å². The molecule has 4 rings (SSSR count). The molecule has 0 aliphatic heterocycles. The molecule has 0 aromatic heterocycles. The first-order valence-electron chi connectivity index (χ1n) is 18.3. The lowest BCUT2D eigenvalue weighted by Gasteiger charge is -2.45. The van der Waals surface area contributed by atoms with Gasteiger partial charge in [-0.1, -0.05) is 85.8 Å². The Labute approximate surface area is 284 Å². The predicted octanol–water partition coefficient (Wildman–Crippen LogP) is 11.8. The zero-order valence-electron chi connectivity index (χ0n) is 31.8. The summed E-state index contributed by atoms with van der Waals surface area (Å²) >= 11 is 0. The summed E-state index contributed by atoms with van der Waals surface area (Å²) in [5, 5.41) is 0.278. The van der Waals surface area contributed by atoms with Gasteiger partial charge >= 0.3 is 0 Å². The Morgan fingerprint density at radius 3 is 2.09 bits per heavy atom. The lowest BCUT2D eigenvalue weighted by Crippen LogP contribution is -2.49. The number of carbonyl (C=O) groups is 1. The highest BCUT2D eigenvalue weighted by Gasteiger charge is 2.51. The summed E-state index contributed by atoms with van der Waals surface area (Å²) in [5.41, 5.74) is 3.24. The first-order valence-corrected chi connectivity index (χ1v) is 24.1. The van der Waals surface area contributed by atoms with Gasteiger partial charge in [0, 0.05) is 6.42 Å². The van der Waals surface area contributed by atoms with E-state index in [-0.39, 0.29) is 39.4 Å². The van der Waals surface area contributed by atoms with E-state index in [2.05, 4.69) is 106 Å². The highest BCUT2D eigenvalue weighted by molar-refractivity contribution is 6.74. The molecule has 7 atom stereocenters. The fourth-order valence-corrected chi connectivity index (χ4v) is 11.1. The molecule has 0 bridgehead atoms. The fraction of sp³-hybridized carbons (Fsp3) is 0.775. The zero-order chi connectivity index (χ0) is 34.7. The molecule has 0 N–H and O–H groups in total. The van der Waals surface area contributed by atoms with Crippen molar-refractivity contribution in [1.82, 2.24) is 0 Å². The van der Waals surface area contributed by atoms with Crippen molar-refractivity contribution in [3.05, 3.63) is 47.1 Å². The second-order valence-electron chi connectivity index (χ2n) is 18.9. The number of ketones is 1. The molecule has 0 heterocycles. The highest BCUT2D eigenvalue weighted by Crippen LogP contribution is 2.60. The van der Waals surface area contributed by atoms with Crippen molar-refractivity contribution in [2.45, 2.75) is 174 Å². The van der Waals surface area contributed by atoms with Gasteiger partial charge < -0.3 is 8.85 Å². The minimum absolute atomic E-state index is 0.0140. The van der Waals surface area contributed by atoms with Crippen LogP contribution in [0.15, 0.2) is 47.1 Å². The number of hydrogen-bond acceptors (Lipinski definition) is 3. The lowest BCUT2D eigenvalue weighted by molar-refractivity contribution is -0.123. The molecule has 4 fully saturated rings. The van der Waals surface area contributed by atoms with Gasteiger partial charge in [-0.25, -0.2) is 4.39 Å². The average molecular weight is 671 g/mol. The Bertz CT molecular complexity index is 1270. The molecule has 0 saturated heterocycles. The van der Waals surface area contributed by atoms with Gasteiger partial charge in [0.05, 0.1) is 12.2 Å². The molecule has 0 aromatic carbocycles. The second kappa shape index (κ2) is 13.0. The topological polar surface area (TPSA) is 35.5 Å². The van der Waals surface area contributed by atoms with Gasteiger partial charge in [-0.3, -0.25) is 4.79 Å². The molecular formula is C40H67FO3Si2. The van der Waals surface area contributed by atoms with Gasteiger partial charge in [-0.05, 0) is 134 Å². The molecule has 6 heteroatoms. The molecule has 0 aromatic rings. The second-order valence-corrected chi connectivity index (χ2v) is 28.5. The minimum atomic E-state index is -2.01. The zero-order valence-corrected chi connectivity index (χ0v) is 33.8. The molecule has 3 nitrogen and oxygen atoms in total. The van der Waals surface area contributed by atoms with Gasteiger partial charge in [0.2, 0.25) is 0 Å². The van der Waals surface area contributed by atoms with Crippen molar-refractivity contribution in [3.63, 3.8) is 0 Å². The number of fused-ring (bicyclic) bond motifs is 1. The number of carbonyl (C=O) groups excluding carboxylic acids is 1. The molecule has 4 saturated carbocycles. The number of Topliss-reactive ketones (excluding diaryl/α,β-unsaturated/α-hetero) is 1. The Morgan fingerprint density at radius 2 is 1.52 bits per heavy atom. The van der Waals surface area contributed by atoms with E-state index in [1.54, 1.807) is 5.57 Å². The average Bonchev–Trinajstić information content (AvgIpc) is 3.39. The summed E-state index contributed by atoms with van der Waals surface area (Å²) in [6, 6.07) is 0. The summed E-state index contributed by atoms with van der Waals surface area (Å²) in [7, 11) is -3.97. The Morgan fingerprint density at radius 1 is 0.913 bits per heavy atom.